The van der Waals surface area contributed by atoms with Gasteiger partial charge in [0.2, 0.25) is 0 Å². The zero-order valence-electron chi connectivity index (χ0n) is 6.75. The zero-order valence-corrected chi connectivity index (χ0v) is 7.51. The number of hydrogen-bond acceptors (Lipinski definition) is 1. The smallest absolute Gasteiger partial charge is 0.144 e. The summed E-state index contributed by atoms with van der Waals surface area (Å²) in [4.78, 5) is 10.1. The van der Waals surface area contributed by atoms with Gasteiger partial charge in [0, 0.05) is 0 Å². The van der Waals surface area contributed by atoms with Gasteiger partial charge in [-0.2, -0.15) is 0 Å². The van der Waals surface area contributed by atoms with Gasteiger partial charge in [0.05, 0.1) is 5.03 Å². The van der Waals surface area contributed by atoms with E-state index in [9.17, 15) is 4.79 Å². The molecule has 62 valence electrons. The summed E-state index contributed by atoms with van der Waals surface area (Å²) < 4.78 is 0. The van der Waals surface area contributed by atoms with Crippen LogP contribution in [0.15, 0.2) is 30.3 Å². The minimum absolute atomic E-state index is 0.489. The molecular weight excluding hydrogens is 172 g/mol. The average molecular weight is 181 g/mol. The van der Waals surface area contributed by atoms with Crippen LogP contribution < -0.4 is 0 Å². The van der Waals surface area contributed by atoms with E-state index in [4.69, 9.17) is 11.6 Å². The van der Waals surface area contributed by atoms with Crippen molar-refractivity contribution in [2.75, 3.05) is 0 Å². The van der Waals surface area contributed by atoms with Crippen LogP contribution in [0.5, 0.6) is 0 Å². The van der Waals surface area contributed by atoms with Gasteiger partial charge in [0.1, 0.15) is 6.29 Å². The summed E-state index contributed by atoms with van der Waals surface area (Å²) in [7, 11) is 0. The predicted molar refractivity (Wildman–Crippen MR) is 51.1 cm³/mol. The number of benzene rings is 1. The lowest BCUT2D eigenvalue weighted by atomic mass is 10.1. The van der Waals surface area contributed by atoms with Crippen LogP contribution in [-0.2, 0) is 4.79 Å². The van der Waals surface area contributed by atoms with Crippen molar-refractivity contribution in [3.05, 3.63) is 41.5 Å². The molecule has 0 atom stereocenters. The van der Waals surface area contributed by atoms with Gasteiger partial charge in [0.15, 0.2) is 0 Å². The van der Waals surface area contributed by atoms with Gasteiger partial charge in [0.25, 0.3) is 0 Å². The fourth-order valence-electron chi connectivity index (χ4n) is 0.990. The Kier molecular flexibility index (Phi) is 3.06. The quantitative estimate of drug-likeness (QED) is 0.505. The van der Waals surface area contributed by atoms with Crippen LogP contribution in [0.1, 0.15) is 11.1 Å². The molecule has 1 aromatic carbocycles. The Labute approximate surface area is 76.7 Å². The first kappa shape index (κ1) is 9.01. The fraction of sp³-hybridized carbons (Fsp3) is 0.100. The lowest BCUT2D eigenvalue weighted by Gasteiger charge is -2.01. The summed E-state index contributed by atoms with van der Waals surface area (Å²) in [6.45, 7) is 1.95. The predicted octanol–water partition coefficient (Wildman–Crippen LogP) is 2.77. The van der Waals surface area contributed by atoms with E-state index in [2.05, 4.69) is 0 Å². The first-order valence-electron chi connectivity index (χ1n) is 3.62. The van der Waals surface area contributed by atoms with E-state index < -0.39 is 0 Å². The largest absolute Gasteiger partial charge is 0.299 e. The molecule has 0 aliphatic heterocycles. The molecule has 0 aliphatic rings. The van der Waals surface area contributed by atoms with Crippen molar-refractivity contribution in [3.63, 3.8) is 0 Å². The third-order valence-corrected chi connectivity index (χ3v) is 1.95. The molecule has 0 saturated carbocycles. The lowest BCUT2D eigenvalue weighted by molar-refractivity contribution is -0.104. The van der Waals surface area contributed by atoms with Crippen LogP contribution in [0.3, 0.4) is 0 Å². The highest BCUT2D eigenvalue weighted by atomic mass is 35.5. The number of carbonyl (C=O) groups excluding carboxylic acids is 1. The van der Waals surface area contributed by atoms with Gasteiger partial charge < -0.3 is 0 Å². The molecule has 0 amide bonds. The topological polar surface area (TPSA) is 17.1 Å². The standard InChI is InChI=1S/C10H9ClO/c1-8-4-2-3-5-9(8)10(11)6-7-12/h2-7H,1H3/b10-6-. The fourth-order valence-corrected chi connectivity index (χ4v) is 1.25. The second-order valence-electron chi connectivity index (χ2n) is 2.47. The van der Waals surface area contributed by atoms with E-state index >= 15 is 0 Å². The van der Waals surface area contributed by atoms with E-state index in [1.165, 1.54) is 6.08 Å². The van der Waals surface area contributed by atoms with Gasteiger partial charge in [-0.05, 0) is 24.1 Å². The summed E-state index contributed by atoms with van der Waals surface area (Å²) in [5.41, 5.74) is 1.98. The molecule has 0 fully saturated rings. The number of aryl methyl sites for hydroxylation is 1. The van der Waals surface area contributed by atoms with Crippen molar-refractivity contribution in [1.29, 1.82) is 0 Å². The Bertz CT molecular complexity index is 315. The maximum absolute atomic E-state index is 10.1. The Morgan fingerprint density at radius 3 is 2.67 bits per heavy atom. The summed E-state index contributed by atoms with van der Waals surface area (Å²) in [6, 6.07) is 7.67. The number of carbonyl (C=O) groups is 1. The summed E-state index contributed by atoms with van der Waals surface area (Å²) >= 11 is 5.84. The molecule has 0 radical (unpaired) electrons. The summed E-state index contributed by atoms with van der Waals surface area (Å²) in [6.07, 6.45) is 2.04. The number of hydrogen-bond donors (Lipinski definition) is 0. The minimum atomic E-state index is 0.489. The lowest BCUT2D eigenvalue weighted by Crippen LogP contribution is -1.82. The third kappa shape index (κ3) is 1.95. The first-order valence-corrected chi connectivity index (χ1v) is 4.00. The highest BCUT2D eigenvalue weighted by Gasteiger charge is 1.99. The Hall–Kier alpha value is -1.08. The van der Waals surface area contributed by atoms with Crippen molar-refractivity contribution in [1.82, 2.24) is 0 Å². The van der Waals surface area contributed by atoms with Crippen molar-refractivity contribution >= 4 is 22.9 Å². The van der Waals surface area contributed by atoms with E-state index in [-0.39, 0.29) is 0 Å². The van der Waals surface area contributed by atoms with Crippen LogP contribution in [0, 0.1) is 6.92 Å². The van der Waals surface area contributed by atoms with Gasteiger partial charge in [-0.3, -0.25) is 4.79 Å². The van der Waals surface area contributed by atoms with E-state index in [0.717, 1.165) is 11.1 Å². The monoisotopic (exact) mass is 180 g/mol. The van der Waals surface area contributed by atoms with Gasteiger partial charge in [-0.15, -0.1) is 0 Å². The average Bonchev–Trinajstić information content (AvgIpc) is 2.05. The molecule has 1 aromatic rings. The maximum atomic E-state index is 10.1. The molecule has 12 heavy (non-hydrogen) atoms. The molecule has 0 aliphatic carbocycles. The van der Waals surface area contributed by atoms with Crippen molar-refractivity contribution in [3.8, 4) is 0 Å². The van der Waals surface area contributed by atoms with Crippen molar-refractivity contribution < 1.29 is 4.79 Å². The second kappa shape index (κ2) is 4.07. The first-order chi connectivity index (χ1) is 5.75. The molecule has 0 aromatic heterocycles. The van der Waals surface area contributed by atoms with E-state index in [0.29, 0.717) is 11.3 Å². The van der Waals surface area contributed by atoms with Crippen molar-refractivity contribution in [2.24, 2.45) is 0 Å². The summed E-state index contributed by atoms with van der Waals surface area (Å²) in [5, 5.41) is 0.489. The molecule has 1 rings (SSSR count). The van der Waals surface area contributed by atoms with Gasteiger partial charge >= 0.3 is 0 Å². The van der Waals surface area contributed by atoms with E-state index in [1.54, 1.807) is 0 Å². The SMILES string of the molecule is Cc1ccccc1/C(Cl)=C/C=O. The maximum Gasteiger partial charge on any atom is 0.144 e. The van der Waals surface area contributed by atoms with Crippen LogP contribution in [0.2, 0.25) is 0 Å². The molecule has 0 heterocycles. The normalized spacial score (nSPS) is 11.3. The van der Waals surface area contributed by atoms with Gasteiger partial charge in [-0.25, -0.2) is 0 Å². The number of rotatable bonds is 2. The molecule has 0 unspecified atom stereocenters. The molecule has 0 spiro atoms. The van der Waals surface area contributed by atoms with Crippen LogP contribution in [-0.4, -0.2) is 6.29 Å². The molecule has 1 nitrogen and oxygen atoms in total. The van der Waals surface area contributed by atoms with Crippen LogP contribution in [0.4, 0.5) is 0 Å². The summed E-state index contributed by atoms with van der Waals surface area (Å²) in [5.74, 6) is 0. The number of halogens is 1. The Morgan fingerprint density at radius 1 is 1.42 bits per heavy atom. The highest BCUT2D eigenvalue weighted by molar-refractivity contribution is 6.49. The Balaban J connectivity index is 3.10. The minimum Gasteiger partial charge on any atom is -0.299 e. The van der Waals surface area contributed by atoms with Crippen LogP contribution in [0.25, 0.3) is 5.03 Å². The molecule has 2 heteroatoms. The zero-order chi connectivity index (χ0) is 8.97. The molecular formula is C10H9ClO. The molecule has 0 bridgehead atoms. The van der Waals surface area contributed by atoms with Crippen molar-refractivity contribution in [2.45, 2.75) is 6.92 Å². The molecule has 0 saturated heterocycles. The van der Waals surface area contributed by atoms with E-state index in [1.807, 2.05) is 31.2 Å². The number of allylic oxidation sites excluding steroid dienone is 1. The van der Waals surface area contributed by atoms with Gasteiger partial charge in [-0.1, -0.05) is 35.9 Å². The Morgan fingerprint density at radius 2 is 2.08 bits per heavy atom. The van der Waals surface area contributed by atoms with Crippen LogP contribution >= 0.6 is 11.6 Å². The number of aldehydes is 1. The third-order valence-electron chi connectivity index (χ3n) is 1.62. The highest BCUT2D eigenvalue weighted by Crippen LogP contribution is 2.21. The second-order valence-corrected chi connectivity index (χ2v) is 2.87. The molecule has 0 N–H and O–H groups in total.